The van der Waals surface area contributed by atoms with Crippen molar-refractivity contribution in [3.8, 4) is 0 Å². The van der Waals surface area contributed by atoms with Gasteiger partial charge in [0.15, 0.2) is 11.4 Å². The van der Waals surface area contributed by atoms with Crippen molar-refractivity contribution in [1.29, 1.82) is 0 Å². The number of hydrogen-bond donors (Lipinski definition) is 2. The van der Waals surface area contributed by atoms with Gasteiger partial charge in [0.25, 0.3) is 0 Å². The van der Waals surface area contributed by atoms with Crippen molar-refractivity contribution in [1.82, 2.24) is 0 Å². The van der Waals surface area contributed by atoms with Gasteiger partial charge in [-0.1, -0.05) is 90.6 Å². The average Bonchev–Trinajstić information content (AvgIpc) is 3.23. The highest BCUT2D eigenvalue weighted by atomic mass is 16.6. The number of aliphatic hydroxyl groups is 2. The fourth-order valence-electron chi connectivity index (χ4n) is 9.66. The van der Waals surface area contributed by atoms with Gasteiger partial charge in [0.1, 0.15) is 6.61 Å². The Balaban J connectivity index is 1.35. The van der Waals surface area contributed by atoms with Crippen LogP contribution in [0.2, 0.25) is 0 Å². The SMILES string of the molecule is CCCCCCCCCCCCCC(=O)O[C@]1(C(=O)CO)CC[C@H]2[C@@H]3CCC4=CC(=O)CC[C@]4(C)[C@H]3[C@@H](O)C[C@@]21C. The van der Waals surface area contributed by atoms with Crippen LogP contribution in [0.4, 0.5) is 0 Å². The zero-order valence-electron chi connectivity index (χ0n) is 26.1. The summed E-state index contributed by atoms with van der Waals surface area (Å²) in [5, 5.41) is 21.7. The van der Waals surface area contributed by atoms with Crippen LogP contribution in [0.25, 0.3) is 0 Å². The summed E-state index contributed by atoms with van der Waals surface area (Å²) in [6, 6.07) is 0. The molecule has 3 saturated carbocycles. The fourth-order valence-corrected chi connectivity index (χ4v) is 9.66. The number of fused-ring (bicyclic) bond motifs is 5. The van der Waals surface area contributed by atoms with Gasteiger partial charge >= 0.3 is 5.97 Å². The van der Waals surface area contributed by atoms with Crippen LogP contribution in [-0.2, 0) is 19.1 Å². The lowest BCUT2D eigenvalue weighted by atomic mass is 9.45. The number of rotatable bonds is 15. The first-order valence-corrected chi connectivity index (χ1v) is 16.9. The largest absolute Gasteiger partial charge is 0.450 e. The standard InChI is InChI=1S/C35H56O6/c1-4-5-6-7-8-9-10-11-12-13-14-15-31(40)41-35(30(39)24-36)21-19-28-27-17-16-25-22-26(37)18-20-33(25,2)32(27)29(38)23-34(28,35)3/h22,27-29,32,36,38H,4-21,23-24H2,1-3H3/t27-,28-,29-,32+,33-,34-,35-/m0/s1. The van der Waals surface area contributed by atoms with E-state index in [9.17, 15) is 24.6 Å². The smallest absolute Gasteiger partial charge is 0.306 e. The van der Waals surface area contributed by atoms with Gasteiger partial charge in [-0.25, -0.2) is 0 Å². The van der Waals surface area contributed by atoms with Crippen LogP contribution in [0.5, 0.6) is 0 Å². The minimum Gasteiger partial charge on any atom is -0.450 e. The molecule has 0 saturated heterocycles. The van der Waals surface area contributed by atoms with E-state index in [0.717, 1.165) is 44.9 Å². The number of ether oxygens (including phenoxy) is 1. The zero-order chi connectivity index (χ0) is 29.7. The summed E-state index contributed by atoms with van der Waals surface area (Å²) < 4.78 is 6.17. The van der Waals surface area contributed by atoms with Gasteiger partial charge in [-0.05, 0) is 74.2 Å². The van der Waals surface area contributed by atoms with Gasteiger partial charge in [-0.3, -0.25) is 14.4 Å². The first-order valence-electron chi connectivity index (χ1n) is 16.9. The normalized spacial score (nSPS) is 36.2. The van der Waals surface area contributed by atoms with E-state index in [1.165, 1.54) is 56.9 Å². The Labute approximate surface area is 248 Å². The van der Waals surface area contributed by atoms with Crippen molar-refractivity contribution in [3.05, 3.63) is 11.6 Å². The molecule has 0 amide bonds. The molecule has 41 heavy (non-hydrogen) atoms. The molecule has 232 valence electrons. The van der Waals surface area contributed by atoms with Crippen LogP contribution < -0.4 is 0 Å². The quantitative estimate of drug-likeness (QED) is 0.161. The summed E-state index contributed by atoms with van der Waals surface area (Å²) in [6.45, 7) is 5.81. The molecule has 0 radical (unpaired) electrons. The van der Waals surface area contributed by atoms with Gasteiger partial charge in [-0.15, -0.1) is 0 Å². The maximum atomic E-state index is 13.4. The first-order chi connectivity index (χ1) is 19.6. The summed E-state index contributed by atoms with van der Waals surface area (Å²) in [4.78, 5) is 38.8. The molecule has 6 heteroatoms. The molecule has 0 aromatic rings. The van der Waals surface area contributed by atoms with Crippen molar-refractivity contribution in [2.45, 2.75) is 154 Å². The Morgan fingerprint density at radius 3 is 2.20 bits per heavy atom. The lowest BCUT2D eigenvalue weighted by Gasteiger charge is -2.60. The summed E-state index contributed by atoms with van der Waals surface area (Å²) >= 11 is 0. The number of unbranched alkanes of at least 4 members (excludes halogenated alkanes) is 10. The molecular weight excluding hydrogens is 516 g/mol. The third kappa shape index (κ3) is 6.39. The van der Waals surface area contributed by atoms with E-state index in [1.807, 2.05) is 13.0 Å². The highest BCUT2D eigenvalue weighted by Crippen LogP contribution is 2.68. The first kappa shape index (κ1) is 32.4. The van der Waals surface area contributed by atoms with Gasteiger partial charge in [0, 0.05) is 18.3 Å². The lowest BCUT2D eigenvalue weighted by molar-refractivity contribution is -0.202. The van der Waals surface area contributed by atoms with Crippen LogP contribution in [0, 0.1) is 28.6 Å². The summed E-state index contributed by atoms with van der Waals surface area (Å²) in [5.41, 5.74) is -1.14. The number of carbonyl (C=O) groups is 3. The topological polar surface area (TPSA) is 101 Å². The molecule has 0 heterocycles. The van der Waals surface area contributed by atoms with Crippen LogP contribution >= 0.6 is 0 Å². The molecule has 0 aromatic carbocycles. The second-order valence-electron chi connectivity index (χ2n) is 14.3. The Morgan fingerprint density at radius 1 is 0.927 bits per heavy atom. The number of esters is 1. The molecule has 2 N–H and O–H groups in total. The molecule has 4 aliphatic carbocycles. The monoisotopic (exact) mass is 572 g/mol. The second kappa shape index (κ2) is 13.8. The van der Waals surface area contributed by atoms with Crippen molar-refractivity contribution < 1.29 is 29.3 Å². The predicted octanol–water partition coefficient (Wildman–Crippen LogP) is 7.03. The van der Waals surface area contributed by atoms with Gasteiger partial charge in [0.2, 0.25) is 5.78 Å². The molecule has 7 atom stereocenters. The summed E-state index contributed by atoms with van der Waals surface area (Å²) in [7, 11) is 0. The van der Waals surface area contributed by atoms with Crippen LogP contribution in [0.3, 0.4) is 0 Å². The van der Waals surface area contributed by atoms with Crippen LogP contribution in [0.15, 0.2) is 11.6 Å². The lowest BCUT2D eigenvalue weighted by Crippen LogP contribution is -2.63. The third-order valence-corrected chi connectivity index (χ3v) is 11.9. The molecule has 0 spiro atoms. The maximum absolute atomic E-state index is 13.4. The Bertz CT molecular complexity index is 972. The molecule has 6 nitrogen and oxygen atoms in total. The highest BCUT2D eigenvalue weighted by Gasteiger charge is 2.70. The van der Waals surface area contributed by atoms with E-state index in [-0.39, 0.29) is 41.3 Å². The van der Waals surface area contributed by atoms with Gasteiger partial charge in [-0.2, -0.15) is 0 Å². The minimum absolute atomic E-state index is 0.0285. The van der Waals surface area contributed by atoms with E-state index in [0.29, 0.717) is 19.3 Å². The average molecular weight is 573 g/mol. The molecule has 0 aliphatic heterocycles. The highest BCUT2D eigenvalue weighted by molar-refractivity contribution is 5.92. The molecule has 4 aliphatic rings. The van der Waals surface area contributed by atoms with E-state index >= 15 is 0 Å². The number of hydrogen-bond acceptors (Lipinski definition) is 6. The third-order valence-electron chi connectivity index (χ3n) is 11.9. The zero-order valence-corrected chi connectivity index (χ0v) is 26.1. The van der Waals surface area contributed by atoms with Crippen molar-refractivity contribution in [2.24, 2.45) is 28.6 Å². The van der Waals surface area contributed by atoms with Crippen molar-refractivity contribution >= 4 is 17.5 Å². The summed E-state index contributed by atoms with van der Waals surface area (Å²) in [5.74, 6) is -0.251. The van der Waals surface area contributed by atoms with E-state index in [1.54, 1.807) is 0 Å². The Kier molecular flexibility index (Phi) is 10.9. The second-order valence-corrected chi connectivity index (χ2v) is 14.3. The maximum Gasteiger partial charge on any atom is 0.306 e. The van der Waals surface area contributed by atoms with Crippen LogP contribution in [0.1, 0.15) is 143 Å². The molecule has 0 aromatic heterocycles. The van der Waals surface area contributed by atoms with Crippen molar-refractivity contribution in [2.75, 3.05) is 6.61 Å². The summed E-state index contributed by atoms with van der Waals surface area (Å²) in [6.07, 6.45) is 19.1. The molecule has 0 bridgehead atoms. The number of ketones is 2. The van der Waals surface area contributed by atoms with E-state index in [4.69, 9.17) is 4.74 Å². The molecule has 3 fully saturated rings. The number of Topliss-reactive ketones (excluding diaryl/α,β-unsaturated/α-hetero) is 1. The van der Waals surface area contributed by atoms with Gasteiger partial charge in [0.05, 0.1) is 6.10 Å². The minimum atomic E-state index is -1.38. The molecular formula is C35H56O6. The Hall–Kier alpha value is -1.53. The predicted molar refractivity (Wildman–Crippen MR) is 160 cm³/mol. The van der Waals surface area contributed by atoms with E-state index < -0.39 is 29.5 Å². The van der Waals surface area contributed by atoms with Crippen molar-refractivity contribution in [3.63, 3.8) is 0 Å². The van der Waals surface area contributed by atoms with Gasteiger partial charge < -0.3 is 14.9 Å². The molecule has 0 unspecified atom stereocenters. The number of carbonyl (C=O) groups excluding carboxylic acids is 3. The Morgan fingerprint density at radius 2 is 1.56 bits per heavy atom. The molecule has 4 rings (SSSR count). The number of allylic oxidation sites excluding steroid dienone is 1. The van der Waals surface area contributed by atoms with Crippen LogP contribution in [-0.4, -0.2) is 46.1 Å². The van der Waals surface area contributed by atoms with E-state index in [2.05, 4.69) is 13.8 Å². The number of aliphatic hydroxyl groups excluding tert-OH is 2. The fraction of sp³-hybridized carbons (Fsp3) is 0.857.